The highest BCUT2D eigenvalue weighted by atomic mass is 35.5. The van der Waals surface area contributed by atoms with Gasteiger partial charge in [0.15, 0.2) is 0 Å². The molecule has 1 aromatic heterocycles. The number of aliphatic hydroxyl groups is 2. The van der Waals surface area contributed by atoms with E-state index in [1.54, 1.807) is 0 Å². The quantitative estimate of drug-likeness (QED) is 0.397. The summed E-state index contributed by atoms with van der Waals surface area (Å²) in [6.45, 7) is 2.02. The van der Waals surface area contributed by atoms with E-state index in [2.05, 4.69) is 18.8 Å². The minimum Gasteiger partial charge on any atom is -0.395 e. The van der Waals surface area contributed by atoms with Crippen molar-refractivity contribution >= 4 is 23.7 Å². The van der Waals surface area contributed by atoms with Gasteiger partial charge in [0, 0.05) is 22.2 Å². The van der Waals surface area contributed by atoms with Gasteiger partial charge in [0.05, 0.1) is 12.6 Å². The number of halogens is 1. The van der Waals surface area contributed by atoms with E-state index < -0.39 is 12.1 Å². The summed E-state index contributed by atoms with van der Waals surface area (Å²) in [6.07, 6.45) is 10.6. The summed E-state index contributed by atoms with van der Waals surface area (Å²) in [4.78, 5) is 0.767. The zero-order valence-electron chi connectivity index (χ0n) is 14.7. The molecule has 0 radical (unpaired) electrons. The van der Waals surface area contributed by atoms with E-state index in [-0.39, 0.29) is 19.0 Å². The SMILES string of the molecule is CCCCCCCCCCC#Cc1csc(C(O)[C@@H](N)CO)c1.Cl. The molecule has 0 aromatic carbocycles. The average molecular weight is 374 g/mol. The summed E-state index contributed by atoms with van der Waals surface area (Å²) in [6, 6.07) is 1.23. The molecular weight excluding hydrogens is 342 g/mol. The van der Waals surface area contributed by atoms with E-state index in [0.717, 1.165) is 23.3 Å². The minimum atomic E-state index is -0.812. The molecule has 0 saturated carbocycles. The maximum atomic E-state index is 9.93. The standard InChI is InChI=1S/C19H31NO2S.ClH/c1-2-3-4-5-6-7-8-9-10-11-12-16-13-18(23-15-16)19(22)17(20)14-21;/h13,15,17,19,21-22H,2-10,14,20H2,1H3;1H/t17-,19?;/m0./s1. The number of hydrogen-bond donors (Lipinski definition) is 3. The molecule has 1 heterocycles. The zero-order chi connectivity index (χ0) is 16.9. The number of aliphatic hydroxyl groups excluding tert-OH is 2. The third-order valence-corrected chi connectivity index (χ3v) is 4.92. The minimum absolute atomic E-state index is 0. The molecule has 24 heavy (non-hydrogen) atoms. The van der Waals surface area contributed by atoms with E-state index >= 15 is 0 Å². The van der Waals surface area contributed by atoms with Crippen molar-refractivity contribution in [3.63, 3.8) is 0 Å². The lowest BCUT2D eigenvalue weighted by Gasteiger charge is -2.14. The van der Waals surface area contributed by atoms with Crippen LogP contribution in [-0.4, -0.2) is 22.9 Å². The van der Waals surface area contributed by atoms with Crippen LogP contribution < -0.4 is 5.73 Å². The molecule has 1 aromatic rings. The summed E-state index contributed by atoms with van der Waals surface area (Å²) < 4.78 is 0. The van der Waals surface area contributed by atoms with Crippen LogP contribution in [0.5, 0.6) is 0 Å². The van der Waals surface area contributed by atoms with Gasteiger partial charge < -0.3 is 15.9 Å². The van der Waals surface area contributed by atoms with Crippen molar-refractivity contribution in [1.82, 2.24) is 0 Å². The van der Waals surface area contributed by atoms with Crippen LogP contribution >= 0.6 is 23.7 Å². The van der Waals surface area contributed by atoms with Crippen molar-refractivity contribution in [2.24, 2.45) is 5.73 Å². The first kappa shape index (κ1) is 23.4. The van der Waals surface area contributed by atoms with Gasteiger partial charge in [-0.25, -0.2) is 0 Å². The highest BCUT2D eigenvalue weighted by Gasteiger charge is 2.17. The maximum Gasteiger partial charge on any atom is 0.105 e. The van der Waals surface area contributed by atoms with Crippen LogP contribution in [0, 0.1) is 11.8 Å². The van der Waals surface area contributed by atoms with Crippen LogP contribution in [0.15, 0.2) is 11.4 Å². The molecule has 1 rings (SSSR count). The van der Waals surface area contributed by atoms with Gasteiger partial charge in [-0.3, -0.25) is 0 Å². The van der Waals surface area contributed by atoms with Gasteiger partial charge in [-0.1, -0.05) is 63.7 Å². The lowest BCUT2D eigenvalue weighted by atomic mass is 10.1. The van der Waals surface area contributed by atoms with Gasteiger partial charge in [-0.15, -0.1) is 23.7 Å². The molecule has 5 heteroatoms. The normalized spacial score (nSPS) is 12.8. The van der Waals surface area contributed by atoms with E-state index in [0.29, 0.717) is 0 Å². The molecule has 4 N–H and O–H groups in total. The number of unbranched alkanes of at least 4 members (excludes halogenated alkanes) is 8. The smallest absolute Gasteiger partial charge is 0.105 e. The van der Waals surface area contributed by atoms with Gasteiger partial charge in [-0.2, -0.15) is 0 Å². The van der Waals surface area contributed by atoms with Crippen LogP contribution in [0.4, 0.5) is 0 Å². The second-order valence-electron chi connectivity index (χ2n) is 6.06. The molecule has 0 fully saturated rings. The van der Waals surface area contributed by atoms with Gasteiger partial charge in [0.2, 0.25) is 0 Å². The van der Waals surface area contributed by atoms with Gasteiger partial charge in [0.1, 0.15) is 6.10 Å². The molecule has 0 amide bonds. The molecular formula is C19H32ClNO2S. The summed E-state index contributed by atoms with van der Waals surface area (Å²) >= 11 is 1.44. The fourth-order valence-electron chi connectivity index (χ4n) is 2.40. The number of hydrogen-bond acceptors (Lipinski definition) is 4. The van der Waals surface area contributed by atoms with Crippen molar-refractivity contribution in [3.05, 3.63) is 21.9 Å². The van der Waals surface area contributed by atoms with Crippen LogP contribution in [0.3, 0.4) is 0 Å². The molecule has 138 valence electrons. The molecule has 3 nitrogen and oxygen atoms in total. The molecule has 0 aliphatic carbocycles. The summed E-state index contributed by atoms with van der Waals surface area (Å²) in [7, 11) is 0. The predicted molar refractivity (Wildman–Crippen MR) is 106 cm³/mol. The van der Waals surface area contributed by atoms with E-state index in [1.807, 2.05) is 11.4 Å². The molecule has 0 bridgehead atoms. The van der Waals surface area contributed by atoms with E-state index in [9.17, 15) is 5.11 Å². The Hall–Kier alpha value is -0.570. The fourth-order valence-corrected chi connectivity index (χ4v) is 3.30. The molecule has 2 atom stereocenters. The van der Waals surface area contributed by atoms with Crippen molar-refractivity contribution in [3.8, 4) is 11.8 Å². The first-order chi connectivity index (χ1) is 11.2. The topological polar surface area (TPSA) is 66.5 Å². The largest absolute Gasteiger partial charge is 0.395 e. The van der Waals surface area contributed by atoms with Crippen LogP contribution in [-0.2, 0) is 0 Å². The Bertz CT molecular complexity index is 481. The van der Waals surface area contributed by atoms with Crippen LogP contribution in [0.2, 0.25) is 0 Å². The molecule has 0 aliphatic rings. The summed E-state index contributed by atoms with van der Waals surface area (Å²) in [5, 5.41) is 20.8. The maximum absolute atomic E-state index is 9.93. The molecule has 0 aliphatic heterocycles. The third-order valence-electron chi connectivity index (χ3n) is 3.92. The predicted octanol–water partition coefficient (Wildman–Crippen LogP) is 4.41. The van der Waals surface area contributed by atoms with Crippen molar-refractivity contribution in [2.45, 2.75) is 76.9 Å². The highest BCUT2D eigenvalue weighted by Crippen LogP contribution is 2.23. The average Bonchev–Trinajstić information content (AvgIpc) is 3.04. The second kappa shape index (κ2) is 14.7. The first-order valence-corrected chi connectivity index (χ1v) is 9.68. The van der Waals surface area contributed by atoms with Gasteiger partial charge in [0.25, 0.3) is 0 Å². The molecule has 0 spiro atoms. The first-order valence-electron chi connectivity index (χ1n) is 8.80. The lowest BCUT2D eigenvalue weighted by Crippen LogP contribution is -2.31. The number of nitrogens with two attached hydrogens (primary N) is 1. The second-order valence-corrected chi connectivity index (χ2v) is 7.00. The Kier molecular flexibility index (Phi) is 14.4. The third kappa shape index (κ3) is 9.66. The molecule has 1 unspecified atom stereocenters. The summed E-state index contributed by atoms with van der Waals surface area (Å²) in [5.41, 5.74) is 6.56. The van der Waals surface area contributed by atoms with Gasteiger partial charge in [-0.05, 0) is 12.5 Å². The summed E-state index contributed by atoms with van der Waals surface area (Å²) in [5.74, 6) is 6.34. The Morgan fingerprint density at radius 2 is 1.75 bits per heavy atom. The number of rotatable bonds is 11. The number of thiophene rings is 1. The van der Waals surface area contributed by atoms with Crippen LogP contribution in [0.25, 0.3) is 0 Å². The van der Waals surface area contributed by atoms with Gasteiger partial charge >= 0.3 is 0 Å². The van der Waals surface area contributed by atoms with Crippen LogP contribution in [0.1, 0.15) is 81.3 Å². The Balaban J connectivity index is 0.00000529. The monoisotopic (exact) mass is 373 g/mol. The molecule has 0 saturated heterocycles. The van der Waals surface area contributed by atoms with E-state index in [1.165, 1.54) is 56.3 Å². The Morgan fingerprint density at radius 3 is 2.38 bits per heavy atom. The van der Waals surface area contributed by atoms with Crippen molar-refractivity contribution in [2.75, 3.05) is 6.61 Å². The lowest BCUT2D eigenvalue weighted by molar-refractivity contribution is 0.112. The van der Waals surface area contributed by atoms with E-state index in [4.69, 9.17) is 10.8 Å². The van der Waals surface area contributed by atoms with Crippen molar-refractivity contribution in [1.29, 1.82) is 0 Å². The Morgan fingerprint density at radius 1 is 1.12 bits per heavy atom. The highest BCUT2D eigenvalue weighted by molar-refractivity contribution is 7.10. The zero-order valence-corrected chi connectivity index (χ0v) is 16.3. The Labute approximate surface area is 157 Å². The fraction of sp³-hybridized carbons (Fsp3) is 0.684. The van der Waals surface area contributed by atoms with Crippen molar-refractivity contribution < 1.29 is 10.2 Å².